The van der Waals surface area contributed by atoms with Crippen molar-refractivity contribution in [2.24, 2.45) is 5.92 Å². The van der Waals surface area contributed by atoms with Gasteiger partial charge in [0.05, 0.1) is 13.2 Å². The summed E-state index contributed by atoms with van der Waals surface area (Å²) in [5.41, 5.74) is 0. The van der Waals surface area contributed by atoms with Crippen LogP contribution in [0.2, 0.25) is 0 Å². The van der Waals surface area contributed by atoms with Crippen LogP contribution in [0.4, 0.5) is 0 Å². The van der Waals surface area contributed by atoms with E-state index >= 15 is 0 Å². The molecule has 0 bridgehead atoms. The molecule has 0 saturated carbocycles. The highest BCUT2D eigenvalue weighted by Crippen LogP contribution is 2.20. The van der Waals surface area contributed by atoms with Crippen LogP contribution in [0.5, 0.6) is 0 Å². The second-order valence-corrected chi connectivity index (χ2v) is 19.4. The molecule has 362 valence electrons. The van der Waals surface area contributed by atoms with Crippen molar-refractivity contribution in [1.29, 1.82) is 0 Å². The van der Waals surface area contributed by atoms with Gasteiger partial charge in [0.2, 0.25) is 5.91 Å². The molecule has 1 rings (SSSR count). The van der Waals surface area contributed by atoms with Crippen molar-refractivity contribution in [2.75, 3.05) is 72.1 Å². The molecule has 1 fully saturated rings. The first-order chi connectivity index (χ1) is 30.0. The lowest BCUT2D eigenvalue weighted by Crippen LogP contribution is -2.42. The second-order valence-electron chi connectivity index (χ2n) is 19.4. The second kappa shape index (κ2) is 45.4. The largest absolute Gasteiger partial charge is 0.466 e. The molecule has 1 saturated heterocycles. The van der Waals surface area contributed by atoms with Crippen LogP contribution >= 0.6 is 0 Å². The van der Waals surface area contributed by atoms with Crippen LogP contribution in [0.3, 0.4) is 0 Å². The van der Waals surface area contributed by atoms with E-state index in [0.29, 0.717) is 31.4 Å². The van der Waals surface area contributed by atoms with Gasteiger partial charge in [-0.25, -0.2) is 0 Å². The average Bonchev–Trinajstić information content (AvgIpc) is 3.74. The number of unbranched alkanes of at least 4 members (excludes halogenated alkanes) is 29. The SMILES string of the molecule is CCCCCCCCCCCCCCN(CCCOC(=O)CCCCCCCCC)CC1CCN(C(=O)CN(CCCCCCCCC)CCNCCCCCCCCC)C1. The Kier molecular flexibility index (Phi) is 43.0. The Morgan fingerprint density at radius 1 is 0.492 bits per heavy atom. The van der Waals surface area contributed by atoms with Crippen LogP contribution < -0.4 is 5.32 Å². The molecule has 1 aliphatic heterocycles. The van der Waals surface area contributed by atoms with E-state index in [1.54, 1.807) is 0 Å². The number of nitrogens with one attached hydrogen (secondary N) is 1. The lowest BCUT2D eigenvalue weighted by Gasteiger charge is -2.27. The molecule has 1 heterocycles. The fraction of sp³-hybridized carbons (Fsp3) is 0.963. The highest BCUT2D eigenvalue weighted by atomic mass is 16.5. The van der Waals surface area contributed by atoms with E-state index in [-0.39, 0.29) is 5.97 Å². The molecule has 0 aromatic rings. The first-order valence-electron chi connectivity index (χ1n) is 27.6. The first kappa shape index (κ1) is 57.8. The topological polar surface area (TPSA) is 65.1 Å². The van der Waals surface area contributed by atoms with Crippen LogP contribution in [0.25, 0.3) is 0 Å². The molecule has 0 spiro atoms. The molecule has 0 aromatic carbocycles. The van der Waals surface area contributed by atoms with Gasteiger partial charge in [-0.1, -0.05) is 214 Å². The lowest BCUT2D eigenvalue weighted by atomic mass is 10.0. The van der Waals surface area contributed by atoms with Gasteiger partial charge in [-0.2, -0.15) is 0 Å². The minimum atomic E-state index is -0.0176. The highest BCUT2D eigenvalue weighted by Gasteiger charge is 2.28. The number of rotatable bonds is 48. The lowest BCUT2D eigenvalue weighted by molar-refractivity contribution is -0.144. The number of likely N-dealkylation sites (tertiary alicyclic amines) is 1. The zero-order valence-electron chi connectivity index (χ0n) is 41.9. The quantitative estimate of drug-likeness (QED) is 0.0486. The molecular formula is C54H108N4O3. The molecule has 7 heteroatoms. The highest BCUT2D eigenvalue weighted by molar-refractivity contribution is 5.78. The van der Waals surface area contributed by atoms with E-state index in [2.05, 4.69) is 47.7 Å². The third-order valence-corrected chi connectivity index (χ3v) is 13.3. The molecular weight excluding hydrogens is 753 g/mol. The van der Waals surface area contributed by atoms with Gasteiger partial charge < -0.3 is 19.9 Å². The minimum absolute atomic E-state index is 0.0176. The van der Waals surface area contributed by atoms with E-state index < -0.39 is 0 Å². The maximum atomic E-state index is 13.8. The molecule has 0 aliphatic carbocycles. The van der Waals surface area contributed by atoms with E-state index in [1.165, 1.54) is 199 Å². The van der Waals surface area contributed by atoms with Crippen LogP contribution in [-0.4, -0.2) is 98.6 Å². The predicted octanol–water partition coefficient (Wildman–Crippen LogP) is 14.3. The number of carbonyl (C=O) groups excluding carboxylic acids is 2. The molecule has 1 unspecified atom stereocenters. The van der Waals surface area contributed by atoms with Crippen LogP contribution in [0, 0.1) is 5.92 Å². The Bertz CT molecular complexity index is 934. The fourth-order valence-electron chi connectivity index (χ4n) is 9.24. The first-order valence-corrected chi connectivity index (χ1v) is 27.6. The van der Waals surface area contributed by atoms with Crippen molar-refractivity contribution < 1.29 is 14.3 Å². The monoisotopic (exact) mass is 861 g/mol. The number of ether oxygens (including phenoxy) is 1. The van der Waals surface area contributed by atoms with Gasteiger partial charge in [0.25, 0.3) is 0 Å². The number of hydrogen-bond acceptors (Lipinski definition) is 6. The van der Waals surface area contributed by atoms with E-state index in [1.807, 2.05) is 0 Å². The predicted molar refractivity (Wildman–Crippen MR) is 266 cm³/mol. The summed E-state index contributed by atoms with van der Waals surface area (Å²) in [5, 5.41) is 3.70. The zero-order chi connectivity index (χ0) is 44.1. The molecule has 7 nitrogen and oxygen atoms in total. The summed E-state index contributed by atoms with van der Waals surface area (Å²) >= 11 is 0. The molecule has 1 aliphatic rings. The van der Waals surface area contributed by atoms with Crippen molar-refractivity contribution in [3.05, 3.63) is 0 Å². The summed E-state index contributed by atoms with van der Waals surface area (Å²) in [6, 6.07) is 0. The van der Waals surface area contributed by atoms with Gasteiger partial charge in [0, 0.05) is 45.7 Å². The van der Waals surface area contributed by atoms with E-state index in [4.69, 9.17) is 4.74 Å². The van der Waals surface area contributed by atoms with Crippen LogP contribution in [0.15, 0.2) is 0 Å². The molecule has 0 aromatic heterocycles. The summed E-state index contributed by atoms with van der Waals surface area (Å²) < 4.78 is 5.71. The summed E-state index contributed by atoms with van der Waals surface area (Å²) in [4.78, 5) is 33.5. The maximum Gasteiger partial charge on any atom is 0.305 e. The Hall–Kier alpha value is -1.18. The number of hydrogen-bond donors (Lipinski definition) is 1. The third-order valence-electron chi connectivity index (χ3n) is 13.3. The van der Waals surface area contributed by atoms with E-state index in [0.717, 1.165) is 84.6 Å². The number of nitrogens with zero attached hydrogens (tertiary/aromatic N) is 3. The fourth-order valence-corrected chi connectivity index (χ4v) is 9.24. The minimum Gasteiger partial charge on any atom is -0.466 e. The summed E-state index contributed by atoms with van der Waals surface area (Å²) in [5.74, 6) is 0.843. The van der Waals surface area contributed by atoms with Gasteiger partial charge in [-0.15, -0.1) is 0 Å². The molecule has 1 amide bonds. The molecule has 0 radical (unpaired) electrons. The standard InChI is InChI=1S/C54H108N4O3/c1-5-9-13-17-21-22-23-24-25-29-33-36-43-56(45-38-48-61-54(60)39-34-30-26-18-14-10-6-2)49-52-40-46-58(50-52)53(59)51-57(44-37-32-28-20-16-12-8-4)47-42-55-41-35-31-27-19-15-11-7-3/h52,55H,5-51H2,1-4H3. The van der Waals surface area contributed by atoms with Crippen molar-refractivity contribution in [1.82, 2.24) is 20.0 Å². The Labute approximate surface area is 381 Å². The van der Waals surface area contributed by atoms with Crippen LogP contribution in [0.1, 0.15) is 259 Å². The van der Waals surface area contributed by atoms with Crippen LogP contribution in [-0.2, 0) is 14.3 Å². The van der Waals surface area contributed by atoms with Crippen molar-refractivity contribution in [2.45, 2.75) is 259 Å². The van der Waals surface area contributed by atoms with Gasteiger partial charge in [-0.3, -0.25) is 14.5 Å². The average molecular weight is 861 g/mol. The molecule has 61 heavy (non-hydrogen) atoms. The van der Waals surface area contributed by atoms with Crippen molar-refractivity contribution in [3.63, 3.8) is 0 Å². The van der Waals surface area contributed by atoms with Crippen molar-refractivity contribution in [3.8, 4) is 0 Å². The van der Waals surface area contributed by atoms with Gasteiger partial charge in [-0.05, 0) is 64.1 Å². The molecule has 1 atom stereocenters. The van der Waals surface area contributed by atoms with E-state index in [9.17, 15) is 9.59 Å². The number of amides is 1. The third kappa shape index (κ3) is 37.9. The van der Waals surface area contributed by atoms with Crippen molar-refractivity contribution >= 4 is 11.9 Å². The summed E-state index contributed by atoms with van der Waals surface area (Å²) in [7, 11) is 0. The van der Waals surface area contributed by atoms with Gasteiger partial charge in [0.15, 0.2) is 0 Å². The zero-order valence-corrected chi connectivity index (χ0v) is 41.9. The maximum absolute atomic E-state index is 13.8. The number of carbonyl (C=O) groups is 2. The smallest absolute Gasteiger partial charge is 0.305 e. The Balaban J connectivity index is 2.57. The normalized spacial score (nSPS) is 14.3. The van der Waals surface area contributed by atoms with Gasteiger partial charge >= 0.3 is 5.97 Å². The molecule has 1 N–H and O–H groups in total. The summed E-state index contributed by atoms with van der Waals surface area (Å²) in [6.45, 7) is 19.2. The Morgan fingerprint density at radius 3 is 1.43 bits per heavy atom. The Morgan fingerprint density at radius 2 is 0.918 bits per heavy atom. The summed E-state index contributed by atoms with van der Waals surface area (Å²) in [6.07, 6.45) is 46.1. The number of esters is 1. The van der Waals surface area contributed by atoms with Gasteiger partial charge in [0.1, 0.15) is 0 Å².